The molecule has 23 heavy (non-hydrogen) atoms. The number of rotatable bonds is 4. The van der Waals surface area contributed by atoms with E-state index in [2.05, 4.69) is 0 Å². The second-order valence-electron chi connectivity index (χ2n) is 6.23. The van der Waals surface area contributed by atoms with Crippen LogP contribution in [0.4, 0.5) is 8.78 Å². The Kier molecular flexibility index (Phi) is 4.16. The fourth-order valence-electron chi connectivity index (χ4n) is 3.23. The molecule has 2 aromatic carbocycles. The van der Waals surface area contributed by atoms with Crippen LogP contribution in [0.25, 0.3) is 0 Å². The maximum Gasteiger partial charge on any atom is 0.233 e. The van der Waals surface area contributed by atoms with E-state index in [9.17, 15) is 13.6 Å². The fourth-order valence-corrected chi connectivity index (χ4v) is 3.23. The van der Waals surface area contributed by atoms with E-state index in [1.165, 1.54) is 24.3 Å². The molecule has 0 bridgehead atoms. The minimum atomic E-state index is -0.539. The van der Waals surface area contributed by atoms with Gasteiger partial charge in [-0.3, -0.25) is 4.79 Å². The number of hydrogen-bond acceptors (Lipinski definition) is 1. The fraction of sp³-hybridized carbons (Fsp3) is 0.316. The highest BCUT2D eigenvalue weighted by Crippen LogP contribution is 2.45. The van der Waals surface area contributed by atoms with Gasteiger partial charge >= 0.3 is 0 Å². The Morgan fingerprint density at radius 2 is 1.52 bits per heavy atom. The Bertz CT molecular complexity index is 690. The van der Waals surface area contributed by atoms with Gasteiger partial charge in [-0.25, -0.2) is 8.78 Å². The number of hydrogen-bond donors (Lipinski definition) is 0. The third-order valence-electron chi connectivity index (χ3n) is 4.69. The quantitative estimate of drug-likeness (QED) is 0.833. The average molecular weight is 315 g/mol. The number of carbonyl (C=O) groups excluding carboxylic acids is 1. The van der Waals surface area contributed by atoms with Gasteiger partial charge in [0.2, 0.25) is 5.91 Å². The largest absolute Gasteiger partial charge is 0.341 e. The molecule has 0 heterocycles. The Hall–Kier alpha value is -2.23. The number of carbonyl (C=O) groups is 1. The molecule has 0 aromatic heterocycles. The van der Waals surface area contributed by atoms with E-state index in [1.807, 2.05) is 0 Å². The molecule has 2 nitrogen and oxygen atoms in total. The molecule has 2 aromatic rings. The Labute approximate surface area is 134 Å². The summed E-state index contributed by atoms with van der Waals surface area (Å²) in [5.74, 6) is -0.542. The summed E-state index contributed by atoms with van der Waals surface area (Å²) in [5, 5.41) is 0. The van der Waals surface area contributed by atoms with Crippen molar-refractivity contribution in [2.45, 2.75) is 31.2 Å². The molecule has 0 spiro atoms. The zero-order chi connectivity index (χ0) is 16.4. The smallest absolute Gasteiger partial charge is 0.233 e. The molecule has 0 saturated heterocycles. The standard InChI is InChI=1S/C19H19F2NO/c1-22(13-14-3-7-16(20)8-4-14)18(23)19(11-2-12-19)15-5-9-17(21)10-6-15/h3-10H,2,11-13H2,1H3. The molecular weight excluding hydrogens is 296 g/mol. The van der Waals surface area contributed by atoms with Gasteiger partial charge in [0.05, 0.1) is 5.41 Å². The lowest BCUT2D eigenvalue weighted by atomic mass is 9.63. The van der Waals surface area contributed by atoms with Crippen molar-refractivity contribution >= 4 is 5.91 Å². The van der Waals surface area contributed by atoms with Gasteiger partial charge in [-0.1, -0.05) is 30.7 Å². The summed E-state index contributed by atoms with van der Waals surface area (Å²) in [6.45, 7) is 0.433. The van der Waals surface area contributed by atoms with Crippen LogP contribution < -0.4 is 0 Å². The lowest BCUT2D eigenvalue weighted by molar-refractivity contribution is -0.140. The number of likely N-dealkylation sites (N-methyl/N-ethyl adjacent to an activating group) is 1. The lowest BCUT2D eigenvalue weighted by Crippen LogP contribution is -2.49. The number of halogens is 2. The van der Waals surface area contributed by atoms with E-state index in [0.717, 1.165) is 30.4 Å². The van der Waals surface area contributed by atoms with Gasteiger partial charge in [0.1, 0.15) is 11.6 Å². The van der Waals surface area contributed by atoms with E-state index in [0.29, 0.717) is 6.54 Å². The van der Waals surface area contributed by atoms with Gasteiger partial charge in [-0.05, 0) is 48.2 Å². The number of nitrogens with zero attached hydrogens (tertiary/aromatic N) is 1. The molecule has 0 unspecified atom stereocenters. The first kappa shape index (κ1) is 15.7. The molecule has 1 aliphatic rings. The van der Waals surface area contributed by atoms with Crippen molar-refractivity contribution in [3.63, 3.8) is 0 Å². The molecule has 120 valence electrons. The third-order valence-corrected chi connectivity index (χ3v) is 4.69. The maximum absolute atomic E-state index is 13.2. The third kappa shape index (κ3) is 2.98. The Morgan fingerprint density at radius 1 is 1.00 bits per heavy atom. The van der Waals surface area contributed by atoms with Crippen LogP contribution in [0.1, 0.15) is 30.4 Å². The average Bonchev–Trinajstić information content (AvgIpc) is 2.50. The van der Waals surface area contributed by atoms with Crippen LogP contribution in [-0.2, 0) is 16.8 Å². The molecule has 3 rings (SSSR count). The van der Waals surface area contributed by atoms with E-state index in [1.54, 1.807) is 36.2 Å². The molecule has 0 radical (unpaired) electrons. The Balaban J connectivity index is 1.79. The van der Waals surface area contributed by atoms with Gasteiger partial charge < -0.3 is 4.90 Å². The first-order chi connectivity index (χ1) is 11.0. The van der Waals surface area contributed by atoms with Crippen LogP contribution in [0.15, 0.2) is 48.5 Å². The second kappa shape index (κ2) is 6.11. The first-order valence-corrected chi connectivity index (χ1v) is 7.77. The number of amides is 1. The molecular formula is C19H19F2NO. The summed E-state index contributed by atoms with van der Waals surface area (Å²) in [6.07, 6.45) is 2.56. The van der Waals surface area contributed by atoms with Crippen molar-refractivity contribution in [2.75, 3.05) is 7.05 Å². The summed E-state index contributed by atoms with van der Waals surface area (Å²) < 4.78 is 26.1. The highest BCUT2D eigenvalue weighted by molar-refractivity contribution is 5.89. The summed E-state index contributed by atoms with van der Waals surface area (Å²) in [6, 6.07) is 12.4. The molecule has 1 aliphatic carbocycles. The van der Waals surface area contributed by atoms with Crippen LogP contribution in [0.2, 0.25) is 0 Å². The van der Waals surface area contributed by atoms with E-state index >= 15 is 0 Å². The van der Waals surface area contributed by atoms with Crippen molar-refractivity contribution in [3.8, 4) is 0 Å². The zero-order valence-electron chi connectivity index (χ0n) is 13.1. The summed E-state index contributed by atoms with van der Waals surface area (Å²) in [5.41, 5.74) is 1.22. The van der Waals surface area contributed by atoms with E-state index < -0.39 is 5.41 Å². The minimum absolute atomic E-state index is 0.0414. The van der Waals surface area contributed by atoms with Crippen LogP contribution in [0, 0.1) is 11.6 Å². The summed E-state index contributed by atoms with van der Waals surface area (Å²) >= 11 is 0. The summed E-state index contributed by atoms with van der Waals surface area (Å²) in [4.78, 5) is 14.6. The molecule has 0 N–H and O–H groups in total. The van der Waals surface area contributed by atoms with E-state index in [4.69, 9.17) is 0 Å². The van der Waals surface area contributed by atoms with Crippen LogP contribution in [0.5, 0.6) is 0 Å². The highest BCUT2D eigenvalue weighted by atomic mass is 19.1. The monoisotopic (exact) mass is 315 g/mol. The molecule has 4 heteroatoms. The van der Waals surface area contributed by atoms with Crippen molar-refractivity contribution in [2.24, 2.45) is 0 Å². The predicted octanol–water partition coefficient (Wildman–Crippen LogP) is 4.05. The van der Waals surface area contributed by atoms with Gasteiger partial charge in [0.25, 0.3) is 0 Å². The van der Waals surface area contributed by atoms with Gasteiger partial charge in [0.15, 0.2) is 0 Å². The molecule has 0 aliphatic heterocycles. The van der Waals surface area contributed by atoms with Crippen LogP contribution in [-0.4, -0.2) is 17.9 Å². The van der Waals surface area contributed by atoms with Crippen molar-refractivity contribution in [3.05, 3.63) is 71.3 Å². The Morgan fingerprint density at radius 3 is 2.00 bits per heavy atom. The minimum Gasteiger partial charge on any atom is -0.341 e. The first-order valence-electron chi connectivity index (χ1n) is 7.77. The normalized spacial score (nSPS) is 15.8. The van der Waals surface area contributed by atoms with E-state index in [-0.39, 0.29) is 17.5 Å². The number of benzene rings is 2. The zero-order valence-corrected chi connectivity index (χ0v) is 13.1. The van der Waals surface area contributed by atoms with Crippen molar-refractivity contribution in [1.29, 1.82) is 0 Å². The van der Waals surface area contributed by atoms with Crippen LogP contribution in [0.3, 0.4) is 0 Å². The summed E-state index contributed by atoms with van der Waals surface area (Å²) in [7, 11) is 1.76. The second-order valence-corrected chi connectivity index (χ2v) is 6.23. The van der Waals surface area contributed by atoms with Crippen molar-refractivity contribution < 1.29 is 13.6 Å². The van der Waals surface area contributed by atoms with Crippen molar-refractivity contribution in [1.82, 2.24) is 4.90 Å². The molecule has 0 atom stereocenters. The van der Waals surface area contributed by atoms with Crippen LogP contribution >= 0.6 is 0 Å². The topological polar surface area (TPSA) is 20.3 Å². The molecule has 1 amide bonds. The maximum atomic E-state index is 13.2. The molecule has 1 saturated carbocycles. The lowest BCUT2D eigenvalue weighted by Gasteiger charge is -2.43. The van der Waals surface area contributed by atoms with Gasteiger partial charge in [-0.2, -0.15) is 0 Å². The van der Waals surface area contributed by atoms with Gasteiger partial charge in [0, 0.05) is 13.6 Å². The highest BCUT2D eigenvalue weighted by Gasteiger charge is 2.46. The SMILES string of the molecule is CN(Cc1ccc(F)cc1)C(=O)C1(c2ccc(F)cc2)CCC1. The van der Waals surface area contributed by atoms with Gasteiger partial charge in [-0.15, -0.1) is 0 Å². The predicted molar refractivity (Wildman–Crippen MR) is 84.8 cm³/mol. The molecule has 1 fully saturated rings.